The standard InChI is InChI=1S/C18H19N3O2/c1-12-10-14-4-3-5-18(17(14)11-13(12)2)20-19-15-6-8-16(9-7-15)21(22)23/h6-11,19H,3-5H2,1-2H3/b20-18+. The molecule has 0 aromatic heterocycles. The van der Waals surface area contributed by atoms with Crippen molar-refractivity contribution in [1.29, 1.82) is 0 Å². The minimum atomic E-state index is -0.405. The predicted octanol–water partition coefficient (Wildman–Crippen LogP) is 4.36. The lowest BCUT2D eigenvalue weighted by Crippen LogP contribution is -2.14. The van der Waals surface area contributed by atoms with Gasteiger partial charge in [-0.05, 0) is 68.0 Å². The molecule has 0 unspecified atom stereocenters. The molecule has 0 saturated carbocycles. The van der Waals surface area contributed by atoms with Crippen LogP contribution in [0.25, 0.3) is 0 Å². The number of hydrogen-bond donors (Lipinski definition) is 1. The molecule has 2 aromatic rings. The van der Waals surface area contributed by atoms with Crippen molar-refractivity contribution in [3.8, 4) is 0 Å². The summed E-state index contributed by atoms with van der Waals surface area (Å²) in [7, 11) is 0. The fourth-order valence-corrected chi connectivity index (χ4v) is 2.84. The average Bonchev–Trinajstić information content (AvgIpc) is 2.54. The number of benzene rings is 2. The highest BCUT2D eigenvalue weighted by Gasteiger charge is 2.16. The summed E-state index contributed by atoms with van der Waals surface area (Å²) in [6.45, 7) is 4.25. The van der Waals surface area contributed by atoms with E-state index in [9.17, 15) is 10.1 Å². The number of fused-ring (bicyclic) bond motifs is 1. The van der Waals surface area contributed by atoms with Crippen LogP contribution >= 0.6 is 0 Å². The molecule has 0 heterocycles. The Balaban J connectivity index is 1.84. The summed E-state index contributed by atoms with van der Waals surface area (Å²) in [5, 5.41) is 15.2. The first kappa shape index (κ1) is 15.2. The molecule has 0 fully saturated rings. The van der Waals surface area contributed by atoms with E-state index < -0.39 is 4.92 Å². The molecule has 0 spiro atoms. The van der Waals surface area contributed by atoms with Crippen LogP contribution in [0.5, 0.6) is 0 Å². The van der Waals surface area contributed by atoms with E-state index in [-0.39, 0.29) is 5.69 Å². The Morgan fingerprint density at radius 3 is 2.48 bits per heavy atom. The molecule has 5 nitrogen and oxygen atoms in total. The van der Waals surface area contributed by atoms with Gasteiger partial charge in [0, 0.05) is 17.7 Å². The van der Waals surface area contributed by atoms with Crippen LogP contribution in [0.4, 0.5) is 11.4 Å². The topological polar surface area (TPSA) is 67.5 Å². The second kappa shape index (κ2) is 6.20. The summed E-state index contributed by atoms with van der Waals surface area (Å²) in [5.74, 6) is 0. The molecule has 5 heteroatoms. The van der Waals surface area contributed by atoms with E-state index in [1.54, 1.807) is 12.1 Å². The largest absolute Gasteiger partial charge is 0.278 e. The summed E-state index contributed by atoms with van der Waals surface area (Å²) in [6.07, 6.45) is 3.12. The first-order chi connectivity index (χ1) is 11.0. The number of nitrogens with one attached hydrogen (secondary N) is 1. The van der Waals surface area contributed by atoms with Gasteiger partial charge in [-0.3, -0.25) is 15.5 Å². The molecule has 23 heavy (non-hydrogen) atoms. The van der Waals surface area contributed by atoms with Gasteiger partial charge in [-0.15, -0.1) is 0 Å². The predicted molar refractivity (Wildman–Crippen MR) is 92.1 cm³/mol. The zero-order valence-electron chi connectivity index (χ0n) is 13.3. The van der Waals surface area contributed by atoms with Crippen molar-refractivity contribution in [2.45, 2.75) is 33.1 Å². The normalized spacial score (nSPS) is 15.3. The molecule has 0 amide bonds. The highest BCUT2D eigenvalue weighted by Crippen LogP contribution is 2.25. The van der Waals surface area contributed by atoms with Gasteiger partial charge in [-0.2, -0.15) is 5.10 Å². The number of non-ortho nitro benzene ring substituents is 1. The molecule has 2 aromatic carbocycles. The van der Waals surface area contributed by atoms with Crippen molar-refractivity contribution in [3.05, 3.63) is 68.8 Å². The third-order valence-corrected chi connectivity index (χ3v) is 4.29. The van der Waals surface area contributed by atoms with Crippen molar-refractivity contribution in [2.24, 2.45) is 5.10 Å². The molecular weight excluding hydrogens is 290 g/mol. The van der Waals surface area contributed by atoms with Crippen LogP contribution in [0, 0.1) is 24.0 Å². The lowest BCUT2D eigenvalue weighted by atomic mass is 9.87. The maximum atomic E-state index is 10.7. The summed E-state index contributed by atoms with van der Waals surface area (Å²) >= 11 is 0. The third kappa shape index (κ3) is 3.23. The summed E-state index contributed by atoms with van der Waals surface area (Å²) in [5.41, 5.74) is 10.1. The molecule has 1 aliphatic carbocycles. The Kier molecular flexibility index (Phi) is 4.10. The summed E-state index contributed by atoms with van der Waals surface area (Å²) in [6, 6.07) is 10.8. The SMILES string of the molecule is Cc1cc2c(cc1C)/C(=N/Nc1ccc([N+](=O)[O-])cc1)CCC2. The number of aryl methyl sites for hydroxylation is 3. The van der Waals surface area contributed by atoms with Gasteiger partial charge in [0.15, 0.2) is 0 Å². The van der Waals surface area contributed by atoms with Gasteiger partial charge in [0.05, 0.1) is 16.3 Å². The minimum Gasteiger partial charge on any atom is -0.278 e. The van der Waals surface area contributed by atoms with Crippen molar-refractivity contribution < 1.29 is 4.92 Å². The number of nitrogens with zero attached hydrogens (tertiary/aromatic N) is 2. The fourth-order valence-electron chi connectivity index (χ4n) is 2.84. The van der Waals surface area contributed by atoms with Gasteiger partial charge >= 0.3 is 0 Å². The van der Waals surface area contributed by atoms with Crippen molar-refractivity contribution >= 4 is 17.1 Å². The average molecular weight is 309 g/mol. The Morgan fingerprint density at radius 1 is 1.09 bits per heavy atom. The Bertz CT molecular complexity index is 780. The minimum absolute atomic E-state index is 0.0808. The number of nitro benzene ring substituents is 1. The number of hydrazone groups is 1. The second-order valence-electron chi connectivity index (χ2n) is 5.92. The van der Waals surface area contributed by atoms with E-state index >= 15 is 0 Å². The van der Waals surface area contributed by atoms with Crippen LogP contribution in [-0.4, -0.2) is 10.6 Å². The van der Waals surface area contributed by atoms with Crippen LogP contribution in [-0.2, 0) is 6.42 Å². The molecule has 118 valence electrons. The monoisotopic (exact) mass is 309 g/mol. The van der Waals surface area contributed by atoms with Gasteiger partial charge in [-0.25, -0.2) is 0 Å². The third-order valence-electron chi connectivity index (χ3n) is 4.29. The van der Waals surface area contributed by atoms with E-state index in [2.05, 4.69) is 36.5 Å². The Labute approximate surface area is 135 Å². The zero-order chi connectivity index (χ0) is 16.4. The maximum absolute atomic E-state index is 10.7. The lowest BCUT2D eigenvalue weighted by Gasteiger charge is -2.20. The van der Waals surface area contributed by atoms with Crippen LogP contribution in [0.3, 0.4) is 0 Å². The summed E-state index contributed by atoms with van der Waals surface area (Å²) in [4.78, 5) is 10.3. The molecule has 0 saturated heterocycles. The molecule has 0 aliphatic heterocycles. The van der Waals surface area contributed by atoms with E-state index in [0.717, 1.165) is 30.7 Å². The van der Waals surface area contributed by atoms with E-state index in [0.29, 0.717) is 0 Å². The van der Waals surface area contributed by atoms with Crippen LogP contribution in [0.15, 0.2) is 41.5 Å². The molecule has 0 atom stereocenters. The number of anilines is 1. The molecule has 0 bridgehead atoms. The molecule has 3 rings (SSSR count). The van der Waals surface area contributed by atoms with Crippen LogP contribution in [0.2, 0.25) is 0 Å². The van der Waals surface area contributed by atoms with E-state index in [1.165, 1.54) is 34.4 Å². The lowest BCUT2D eigenvalue weighted by molar-refractivity contribution is -0.384. The highest BCUT2D eigenvalue weighted by molar-refractivity contribution is 6.03. The maximum Gasteiger partial charge on any atom is 0.269 e. The highest BCUT2D eigenvalue weighted by atomic mass is 16.6. The van der Waals surface area contributed by atoms with Crippen LogP contribution in [0.1, 0.15) is 35.1 Å². The van der Waals surface area contributed by atoms with E-state index in [1.807, 2.05) is 0 Å². The van der Waals surface area contributed by atoms with Crippen LogP contribution < -0.4 is 5.43 Å². The van der Waals surface area contributed by atoms with Gasteiger partial charge < -0.3 is 0 Å². The number of hydrogen-bond acceptors (Lipinski definition) is 4. The molecular formula is C18H19N3O2. The number of rotatable bonds is 3. The molecule has 1 N–H and O–H groups in total. The first-order valence-electron chi connectivity index (χ1n) is 7.72. The zero-order valence-corrected chi connectivity index (χ0v) is 13.3. The Morgan fingerprint density at radius 2 is 1.78 bits per heavy atom. The Hall–Kier alpha value is -2.69. The summed E-state index contributed by atoms with van der Waals surface area (Å²) < 4.78 is 0. The van der Waals surface area contributed by atoms with Gasteiger partial charge in [0.2, 0.25) is 0 Å². The first-order valence-corrected chi connectivity index (χ1v) is 7.72. The van der Waals surface area contributed by atoms with Crippen molar-refractivity contribution in [1.82, 2.24) is 0 Å². The van der Waals surface area contributed by atoms with E-state index in [4.69, 9.17) is 0 Å². The smallest absolute Gasteiger partial charge is 0.269 e. The van der Waals surface area contributed by atoms with Crippen molar-refractivity contribution in [3.63, 3.8) is 0 Å². The van der Waals surface area contributed by atoms with Crippen molar-refractivity contribution in [2.75, 3.05) is 5.43 Å². The van der Waals surface area contributed by atoms with Gasteiger partial charge in [0.25, 0.3) is 5.69 Å². The van der Waals surface area contributed by atoms with Gasteiger partial charge in [0.1, 0.15) is 0 Å². The quantitative estimate of drug-likeness (QED) is 0.676. The second-order valence-corrected chi connectivity index (χ2v) is 5.92. The number of nitro groups is 1. The molecule has 1 aliphatic rings. The van der Waals surface area contributed by atoms with Gasteiger partial charge in [-0.1, -0.05) is 6.07 Å². The fraction of sp³-hybridized carbons (Fsp3) is 0.278. The molecule has 0 radical (unpaired) electrons.